The second-order valence-electron chi connectivity index (χ2n) is 13.4. The van der Waals surface area contributed by atoms with Gasteiger partial charge < -0.3 is 14.8 Å². The van der Waals surface area contributed by atoms with E-state index in [-0.39, 0.29) is 6.17 Å². The van der Waals surface area contributed by atoms with Gasteiger partial charge in [-0.05, 0) is 66.4 Å². The Bertz CT molecular complexity index is 2590. The summed E-state index contributed by atoms with van der Waals surface area (Å²) in [5, 5.41) is 6.02. The van der Waals surface area contributed by atoms with Gasteiger partial charge in [-0.3, -0.25) is 0 Å². The molecule has 0 unspecified atom stereocenters. The molecule has 2 aliphatic heterocycles. The van der Waals surface area contributed by atoms with Crippen LogP contribution in [0.25, 0.3) is 39.7 Å². The lowest BCUT2D eigenvalue weighted by Gasteiger charge is -2.28. The molecule has 0 fully saturated rings. The molecule has 52 heavy (non-hydrogen) atoms. The van der Waals surface area contributed by atoms with Crippen LogP contribution in [0, 0.1) is 0 Å². The first-order valence-corrected chi connectivity index (χ1v) is 17.9. The molecule has 5 nitrogen and oxygen atoms in total. The van der Waals surface area contributed by atoms with Crippen LogP contribution in [0.15, 0.2) is 174 Å². The van der Waals surface area contributed by atoms with E-state index in [1.165, 1.54) is 38.6 Å². The second kappa shape index (κ2) is 12.6. The summed E-state index contributed by atoms with van der Waals surface area (Å²) < 4.78 is 2.47. The summed E-state index contributed by atoms with van der Waals surface area (Å²) in [6, 6.07) is 51.6. The molecule has 6 aromatic carbocycles. The average Bonchev–Trinajstić information content (AvgIpc) is 3.45. The Labute approximate surface area is 302 Å². The highest BCUT2D eigenvalue weighted by atomic mass is 15.2. The first-order valence-electron chi connectivity index (χ1n) is 17.9. The Morgan fingerprint density at radius 3 is 1.98 bits per heavy atom. The monoisotopic (exact) mass is 669 g/mol. The van der Waals surface area contributed by atoms with E-state index in [0.29, 0.717) is 0 Å². The molecule has 0 bridgehead atoms. The summed E-state index contributed by atoms with van der Waals surface area (Å²) in [6.45, 7) is 0. The minimum atomic E-state index is -0.388. The summed E-state index contributed by atoms with van der Waals surface area (Å²) in [4.78, 5) is 12.6. The van der Waals surface area contributed by atoms with Crippen molar-refractivity contribution in [1.82, 2.24) is 9.88 Å². The summed E-state index contributed by atoms with van der Waals surface area (Å²) in [5.74, 6) is 1.63. The fourth-order valence-electron chi connectivity index (χ4n) is 7.73. The number of aliphatic imine (C=N–C) groups is 2. The van der Waals surface area contributed by atoms with Gasteiger partial charge in [-0.2, -0.15) is 0 Å². The van der Waals surface area contributed by atoms with Crippen molar-refractivity contribution >= 4 is 68.4 Å². The molecule has 1 aliphatic carbocycles. The standard InChI is InChI=1S/C47H35N5/c1-4-15-33(16-5-1)45-48-46(34-17-6-2-7-18-34)50-47(49-45)35-26-28-38(29-27-35)51-41-22-12-10-14-32(41)24-25-36-30-44-40(31-43(36)51)39-21-11-13-23-42(39)52(44)37-19-8-3-9-20-37/h1-8,10-19,21-31,47H,9,20H2,(H,48,49,50). The minimum Gasteiger partial charge on any atom is -0.324 e. The van der Waals surface area contributed by atoms with Gasteiger partial charge >= 0.3 is 0 Å². The zero-order chi connectivity index (χ0) is 34.4. The molecule has 10 rings (SSSR count). The third-order valence-electron chi connectivity index (χ3n) is 10.2. The van der Waals surface area contributed by atoms with Gasteiger partial charge in [0, 0.05) is 38.8 Å². The summed E-state index contributed by atoms with van der Waals surface area (Å²) in [5.41, 5.74) is 12.6. The lowest BCUT2D eigenvalue weighted by atomic mass is 10.0. The van der Waals surface area contributed by atoms with E-state index in [4.69, 9.17) is 9.98 Å². The molecule has 0 atom stereocenters. The van der Waals surface area contributed by atoms with Crippen LogP contribution < -0.4 is 10.2 Å². The van der Waals surface area contributed by atoms with Gasteiger partial charge in [-0.15, -0.1) is 0 Å². The number of allylic oxidation sites excluding steroid dienone is 4. The summed E-state index contributed by atoms with van der Waals surface area (Å²) in [7, 11) is 0. The van der Waals surface area contributed by atoms with Crippen LogP contribution in [0.5, 0.6) is 0 Å². The first-order chi connectivity index (χ1) is 25.8. The van der Waals surface area contributed by atoms with Gasteiger partial charge in [-0.25, -0.2) is 9.98 Å². The normalized spacial score (nSPS) is 15.4. The number of fused-ring (bicyclic) bond motifs is 5. The van der Waals surface area contributed by atoms with Crippen molar-refractivity contribution in [3.63, 3.8) is 0 Å². The van der Waals surface area contributed by atoms with E-state index in [1.807, 2.05) is 36.4 Å². The van der Waals surface area contributed by atoms with E-state index in [9.17, 15) is 0 Å². The molecule has 0 amide bonds. The number of hydrogen-bond acceptors (Lipinski definition) is 4. The van der Waals surface area contributed by atoms with Crippen molar-refractivity contribution in [3.05, 3.63) is 192 Å². The van der Waals surface area contributed by atoms with Gasteiger partial charge in [0.25, 0.3) is 0 Å². The smallest absolute Gasteiger partial charge is 0.169 e. The number of rotatable bonds is 5. The van der Waals surface area contributed by atoms with Gasteiger partial charge in [-0.1, -0.05) is 133 Å². The number of amidine groups is 2. The van der Waals surface area contributed by atoms with Crippen molar-refractivity contribution in [2.45, 2.75) is 19.0 Å². The molecular formula is C47H35N5. The Kier molecular flexibility index (Phi) is 7.28. The summed E-state index contributed by atoms with van der Waals surface area (Å²) >= 11 is 0. The molecule has 1 N–H and O–H groups in total. The molecule has 7 aromatic rings. The van der Waals surface area contributed by atoms with Crippen molar-refractivity contribution < 1.29 is 0 Å². The lowest BCUT2D eigenvalue weighted by molar-refractivity contribution is 0.756. The van der Waals surface area contributed by atoms with Crippen LogP contribution >= 0.6 is 0 Å². The fraction of sp³-hybridized carbons (Fsp3) is 0.0638. The molecular weight excluding hydrogens is 635 g/mol. The van der Waals surface area contributed by atoms with Crippen LogP contribution in [-0.4, -0.2) is 16.2 Å². The first kappa shape index (κ1) is 30.1. The topological polar surface area (TPSA) is 44.9 Å². The molecule has 1 aromatic heterocycles. The van der Waals surface area contributed by atoms with Crippen molar-refractivity contribution in [2.75, 3.05) is 4.90 Å². The van der Waals surface area contributed by atoms with Gasteiger partial charge in [0.1, 0.15) is 11.7 Å². The predicted octanol–water partition coefficient (Wildman–Crippen LogP) is 11.4. The number of hydrogen-bond donors (Lipinski definition) is 1. The largest absolute Gasteiger partial charge is 0.324 e. The number of anilines is 3. The Hall–Kier alpha value is -6.72. The fourth-order valence-corrected chi connectivity index (χ4v) is 7.73. The maximum absolute atomic E-state index is 5.11. The Morgan fingerprint density at radius 1 is 0.577 bits per heavy atom. The Balaban J connectivity index is 1.11. The molecule has 248 valence electrons. The second-order valence-corrected chi connectivity index (χ2v) is 13.4. The number of aromatic nitrogens is 1. The highest BCUT2D eigenvalue weighted by Gasteiger charge is 2.25. The molecule has 0 spiro atoms. The van der Waals surface area contributed by atoms with E-state index < -0.39 is 0 Å². The molecule has 0 radical (unpaired) electrons. The average molecular weight is 670 g/mol. The van der Waals surface area contributed by atoms with Gasteiger partial charge in [0.05, 0.1) is 22.4 Å². The zero-order valence-corrected chi connectivity index (χ0v) is 28.5. The number of benzene rings is 6. The van der Waals surface area contributed by atoms with Crippen molar-refractivity contribution in [3.8, 4) is 0 Å². The van der Waals surface area contributed by atoms with Gasteiger partial charge in [0.15, 0.2) is 6.17 Å². The third kappa shape index (κ3) is 5.17. The molecule has 3 heterocycles. The highest BCUT2D eigenvalue weighted by molar-refractivity contribution is 6.16. The number of para-hydroxylation sites is 2. The van der Waals surface area contributed by atoms with Crippen LogP contribution in [-0.2, 0) is 0 Å². The summed E-state index contributed by atoms with van der Waals surface area (Å²) in [6.07, 6.45) is 12.9. The highest BCUT2D eigenvalue weighted by Crippen LogP contribution is 2.46. The van der Waals surface area contributed by atoms with E-state index in [1.54, 1.807) is 0 Å². The minimum absolute atomic E-state index is 0.388. The molecule has 0 saturated carbocycles. The SMILES string of the molecule is C1=CCCC(n2c3ccccc3c3cc4c(cc32)C=Cc2ccccc2N4c2ccc(C3N=C(c4ccccc4)NC(c4ccccc4)=N3)cc2)=C1. The molecule has 3 aliphatic rings. The Morgan fingerprint density at radius 2 is 1.25 bits per heavy atom. The van der Waals surface area contributed by atoms with E-state index in [0.717, 1.165) is 58.3 Å². The quantitative estimate of drug-likeness (QED) is 0.198. The lowest BCUT2D eigenvalue weighted by Crippen LogP contribution is -2.35. The maximum Gasteiger partial charge on any atom is 0.169 e. The van der Waals surface area contributed by atoms with E-state index in [2.05, 4.69) is 154 Å². The van der Waals surface area contributed by atoms with Crippen LogP contribution in [0.1, 0.15) is 46.8 Å². The van der Waals surface area contributed by atoms with Crippen LogP contribution in [0.4, 0.5) is 17.1 Å². The van der Waals surface area contributed by atoms with Crippen molar-refractivity contribution in [1.29, 1.82) is 0 Å². The third-order valence-corrected chi connectivity index (χ3v) is 10.2. The van der Waals surface area contributed by atoms with Gasteiger partial charge in [0.2, 0.25) is 0 Å². The number of nitrogens with one attached hydrogen (secondary N) is 1. The predicted molar refractivity (Wildman–Crippen MR) is 218 cm³/mol. The molecule has 5 heteroatoms. The van der Waals surface area contributed by atoms with Crippen molar-refractivity contribution in [2.24, 2.45) is 9.98 Å². The van der Waals surface area contributed by atoms with Crippen LogP contribution in [0.3, 0.4) is 0 Å². The maximum atomic E-state index is 5.11. The van der Waals surface area contributed by atoms with Crippen LogP contribution in [0.2, 0.25) is 0 Å². The van der Waals surface area contributed by atoms with E-state index >= 15 is 0 Å². The zero-order valence-electron chi connectivity index (χ0n) is 28.5. The number of nitrogens with zero attached hydrogens (tertiary/aromatic N) is 4. The molecule has 0 saturated heterocycles.